The molecule has 0 heterocycles. The third-order valence-electron chi connectivity index (χ3n) is 5.62. The Morgan fingerprint density at radius 1 is 0.640 bits per heavy atom. The zero-order valence-electron chi connectivity index (χ0n) is 15.5. The molecule has 0 N–H and O–H groups in total. The highest BCUT2D eigenvalue weighted by Gasteiger charge is 2.45. The molecule has 1 nitrogen and oxygen atoms in total. The van der Waals surface area contributed by atoms with E-state index in [9.17, 15) is 0 Å². The maximum absolute atomic E-state index is 7.08. The largest absolute Gasteiger partial charge is 0.454 e. The summed E-state index contributed by atoms with van der Waals surface area (Å²) in [6.45, 7) is 9.57. The van der Waals surface area contributed by atoms with Crippen LogP contribution in [0.15, 0.2) is 60.7 Å². The second-order valence-electron chi connectivity index (χ2n) is 8.24. The molecule has 3 heteroatoms. The van der Waals surface area contributed by atoms with E-state index in [0.717, 1.165) is 0 Å². The lowest BCUT2D eigenvalue weighted by atomic mass is 10.1. The van der Waals surface area contributed by atoms with Crippen LogP contribution in [-0.2, 0) is 4.12 Å². The molecule has 2 aliphatic rings. The average Bonchev–Trinajstić information content (AvgIpc) is 3.18. The van der Waals surface area contributed by atoms with Gasteiger partial charge < -0.3 is 4.12 Å². The molecule has 0 saturated carbocycles. The van der Waals surface area contributed by atoms with Gasteiger partial charge in [0.2, 0.25) is 0 Å². The fraction of sp³-hybridized carbons (Fsp3) is 0.273. The second kappa shape index (κ2) is 5.94. The molecule has 0 radical (unpaired) electrons. The molecule has 2 atom stereocenters. The number of benzene rings is 2. The molecule has 2 aromatic carbocycles. The Kier molecular flexibility index (Phi) is 3.98. The summed E-state index contributed by atoms with van der Waals surface area (Å²) in [5.74, 6) is 0. The lowest BCUT2D eigenvalue weighted by Crippen LogP contribution is -2.50. The number of hydrogen-bond donors (Lipinski definition) is 0. The molecule has 4 rings (SSSR count). The molecule has 0 spiro atoms. The standard InChI is InChI=1S/C22H26OSi2/c1-24(2,21-15-13-17-9-5-7-11-19(17)21)23-25(3,4)22-16-14-18-10-6-8-12-20(18)22/h5-16,21-22H,1-4H3/t21-,22-/m0/s1. The summed E-state index contributed by atoms with van der Waals surface area (Å²) in [7, 11) is -3.81. The fourth-order valence-corrected chi connectivity index (χ4v) is 14.1. The van der Waals surface area contributed by atoms with Crippen LogP contribution in [0.1, 0.15) is 33.3 Å². The molecule has 2 aliphatic carbocycles. The monoisotopic (exact) mass is 362 g/mol. The maximum Gasteiger partial charge on any atom is 0.184 e. The van der Waals surface area contributed by atoms with Crippen molar-refractivity contribution >= 4 is 28.8 Å². The van der Waals surface area contributed by atoms with Crippen molar-refractivity contribution in [3.63, 3.8) is 0 Å². The lowest BCUT2D eigenvalue weighted by molar-refractivity contribution is 0.523. The van der Waals surface area contributed by atoms with E-state index in [2.05, 4.69) is 99.0 Å². The van der Waals surface area contributed by atoms with Crippen molar-refractivity contribution in [1.29, 1.82) is 0 Å². The van der Waals surface area contributed by atoms with Crippen molar-refractivity contribution in [1.82, 2.24) is 0 Å². The Labute approximate surface area is 153 Å². The van der Waals surface area contributed by atoms with E-state index in [1.54, 1.807) is 0 Å². The minimum Gasteiger partial charge on any atom is -0.454 e. The number of fused-ring (bicyclic) bond motifs is 2. The predicted molar refractivity (Wildman–Crippen MR) is 112 cm³/mol. The van der Waals surface area contributed by atoms with E-state index >= 15 is 0 Å². The molecular weight excluding hydrogens is 336 g/mol. The third-order valence-corrected chi connectivity index (χ3v) is 13.8. The second-order valence-corrected chi connectivity index (χ2v) is 16.7. The summed E-state index contributed by atoms with van der Waals surface area (Å²) >= 11 is 0. The first-order valence-electron chi connectivity index (χ1n) is 9.13. The zero-order chi connectivity index (χ0) is 17.7. The first kappa shape index (κ1) is 16.8. The Morgan fingerprint density at radius 2 is 1.04 bits per heavy atom. The molecular formula is C22H26OSi2. The normalized spacial score (nSPS) is 21.4. The number of rotatable bonds is 4. The Hall–Kier alpha value is -1.69. The predicted octanol–water partition coefficient (Wildman–Crippen LogP) is 6.11. The summed E-state index contributed by atoms with van der Waals surface area (Å²) in [6, 6.07) is 17.5. The summed E-state index contributed by atoms with van der Waals surface area (Å²) in [5.41, 5.74) is 6.54. The molecule has 0 fully saturated rings. The van der Waals surface area contributed by atoms with Crippen LogP contribution >= 0.6 is 0 Å². The molecule has 0 saturated heterocycles. The molecule has 0 amide bonds. The van der Waals surface area contributed by atoms with Crippen molar-refractivity contribution in [3.8, 4) is 0 Å². The topological polar surface area (TPSA) is 9.23 Å². The number of hydrogen-bond acceptors (Lipinski definition) is 1. The van der Waals surface area contributed by atoms with E-state index < -0.39 is 16.6 Å². The van der Waals surface area contributed by atoms with Crippen LogP contribution in [0.4, 0.5) is 0 Å². The highest BCUT2D eigenvalue weighted by molar-refractivity contribution is 6.86. The lowest BCUT2D eigenvalue weighted by Gasteiger charge is -2.40. The van der Waals surface area contributed by atoms with Crippen LogP contribution in [0.3, 0.4) is 0 Å². The van der Waals surface area contributed by atoms with Gasteiger partial charge >= 0.3 is 0 Å². The van der Waals surface area contributed by atoms with Gasteiger partial charge in [-0.2, -0.15) is 0 Å². The maximum atomic E-state index is 7.08. The molecule has 0 aromatic heterocycles. The minimum atomic E-state index is -1.90. The van der Waals surface area contributed by atoms with Crippen molar-refractivity contribution in [2.45, 2.75) is 37.3 Å². The Balaban J connectivity index is 1.61. The SMILES string of the molecule is C[Si](C)(O[Si](C)(C)[C@H]1C=Cc2ccccc21)[C@H]1C=Cc2ccccc21. The van der Waals surface area contributed by atoms with Crippen LogP contribution in [0.2, 0.25) is 26.2 Å². The summed E-state index contributed by atoms with van der Waals surface area (Å²) in [5, 5.41) is 0. The van der Waals surface area contributed by atoms with Crippen molar-refractivity contribution in [3.05, 3.63) is 82.9 Å². The fourth-order valence-electron chi connectivity index (χ4n) is 4.52. The summed E-state index contributed by atoms with van der Waals surface area (Å²) in [6.07, 6.45) is 9.30. The van der Waals surface area contributed by atoms with Crippen molar-refractivity contribution in [2.24, 2.45) is 0 Å². The van der Waals surface area contributed by atoms with Crippen LogP contribution in [-0.4, -0.2) is 16.6 Å². The van der Waals surface area contributed by atoms with Gasteiger partial charge in [-0.1, -0.05) is 72.8 Å². The van der Waals surface area contributed by atoms with Gasteiger partial charge in [0, 0.05) is 11.1 Å². The molecule has 0 unspecified atom stereocenters. The van der Waals surface area contributed by atoms with Gasteiger partial charge in [-0.15, -0.1) is 0 Å². The van der Waals surface area contributed by atoms with E-state index in [1.165, 1.54) is 22.3 Å². The van der Waals surface area contributed by atoms with E-state index in [1.807, 2.05) is 0 Å². The zero-order valence-corrected chi connectivity index (χ0v) is 17.5. The van der Waals surface area contributed by atoms with E-state index in [4.69, 9.17) is 4.12 Å². The van der Waals surface area contributed by atoms with E-state index in [-0.39, 0.29) is 0 Å². The van der Waals surface area contributed by atoms with Gasteiger partial charge in [0.05, 0.1) is 0 Å². The highest BCUT2D eigenvalue weighted by atomic mass is 28.4. The summed E-state index contributed by atoms with van der Waals surface area (Å²) < 4.78 is 7.08. The van der Waals surface area contributed by atoms with Gasteiger partial charge in [-0.25, -0.2) is 0 Å². The first-order chi connectivity index (χ1) is 11.9. The highest BCUT2D eigenvalue weighted by Crippen LogP contribution is 2.43. The van der Waals surface area contributed by atoms with Crippen molar-refractivity contribution < 1.29 is 4.12 Å². The smallest absolute Gasteiger partial charge is 0.184 e. The summed E-state index contributed by atoms with van der Waals surface area (Å²) in [4.78, 5) is 0. The first-order valence-corrected chi connectivity index (χ1v) is 15.1. The van der Waals surface area contributed by atoms with Crippen LogP contribution < -0.4 is 0 Å². The quantitative estimate of drug-likeness (QED) is 0.596. The van der Waals surface area contributed by atoms with E-state index in [0.29, 0.717) is 11.1 Å². The molecule has 128 valence electrons. The van der Waals surface area contributed by atoms with Gasteiger partial charge in [0.15, 0.2) is 16.6 Å². The Morgan fingerprint density at radius 3 is 1.48 bits per heavy atom. The molecule has 0 aliphatic heterocycles. The van der Waals surface area contributed by atoms with Crippen LogP contribution in [0.25, 0.3) is 12.2 Å². The van der Waals surface area contributed by atoms with Crippen LogP contribution in [0, 0.1) is 0 Å². The third kappa shape index (κ3) is 2.90. The Bertz CT molecular complexity index is 792. The molecule has 0 bridgehead atoms. The number of allylic oxidation sites excluding steroid dienone is 2. The van der Waals surface area contributed by atoms with Crippen LogP contribution in [0.5, 0.6) is 0 Å². The molecule has 2 aromatic rings. The minimum absolute atomic E-state index is 0.455. The van der Waals surface area contributed by atoms with Crippen molar-refractivity contribution in [2.75, 3.05) is 0 Å². The van der Waals surface area contributed by atoms with Gasteiger partial charge in [0.25, 0.3) is 0 Å². The average molecular weight is 363 g/mol. The van der Waals surface area contributed by atoms with Gasteiger partial charge in [-0.3, -0.25) is 0 Å². The van der Waals surface area contributed by atoms with Gasteiger partial charge in [0.1, 0.15) is 0 Å². The molecule has 25 heavy (non-hydrogen) atoms. The van der Waals surface area contributed by atoms with Gasteiger partial charge in [-0.05, 0) is 48.4 Å².